The van der Waals surface area contributed by atoms with E-state index in [4.69, 9.17) is 9.47 Å². The van der Waals surface area contributed by atoms with Gasteiger partial charge in [-0.25, -0.2) is 0 Å². The molecule has 0 bridgehead atoms. The molecule has 2 rings (SSSR count). The summed E-state index contributed by atoms with van der Waals surface area (Å²) in [5, 5.41) is 0. The summed E-state index contributed by atoms with van der Waals surface area (Å²) in [6, 6.07) is 5.55. The zero-order valence-electron chi connectivity index (χ0n) is 13.8. The number of rotatable bonds is 5. The van der Waals surface area contributed by atoms with Crippen molar-refractivity contribution >= 4 is 26.1 Å². The predicted molar refractivity (Wildman–Crippen MR) is 92.7 cm³/mol. The van der Waals surface area contributed by atoms with Crippen molar-refractivity contribution in [2.24, 2.45) is 0 Å². The van der Waals surface area contributed by atoms with Crippen LogP contribution in [0.25, 0.3) is 0 Å². The molecule has 1 aliphatic rings. The van der Waals surface area contributed by atoms with Crippen LogP contribution in [-0.4, -0.2) is 56.5 Å². The Bertz CT molecular complexity index is 643. The number of nitrogens with zero attached hydrogens (tertiary/aromatic N) is 2. The van der Waals surface area contributed by atoms with E-state index in [0.717, 1.165) is 10.0 Å². The molecule has 0 spiro atoms. The number of ether oxygens (including phenoxy) is 2. The molecule has 0 unspecified atom stereocenters. The van der Waals surface area contributed by atoms with Crippen molar-refractivity contribution in [2.45, 2.75) is 32.6 Å². The molecular formula is C15H23BrN2O4S. The van der Waals surface area contributed by atoms with Crippen LogP contribution in [0, 0.1) is 0 Å². The summed E-state index contributed by atoms with van der Waals surface area (Å²) in [6.07, 6.45) is -0.218. The van der Waals surface area contributed by atoms with E-state index in [1.54, 1.807) is 14.2 Å². The average Bonchev–Trinajstić information content (AvgIpc) is 2.46. The summed E-state index contributed by atoms with van der Waals surface area (Å²) in [5.74, 6) is 0.666. The normalized spacial score (nSPS) is 23.2. The standard InChI is InChI=1S/C15H23BrN2O4S/c1-11-8-18(9-12(2)22-11)23(19,20)17(3)10-13-7-14(16)5-6-15(13)21-4/h5-7,11-12H,8-10H2,1-4H3/t11-,12-/m1/s1. The molecule has 1 aromatic carbocycles. The van der Waals surface area contributed by atoms with Gasteiger partial charge in [0, 0.05) is 36.7 Å². The lowest BCUT2D eigenvalue weighted by atomic mass is 10.2. The SMILES string of the molecule is COc1ccc(Br)cc1CN(C)S(=O)(=O)N1C[C@@H](C)O[C@H](C)C1. The summed E-state index contributed by atoms with van der Waals surface area (Å²) in [4.78, 5) is 0. The fourth-order valence-electron chi connectivity index (χ4n) is 2.71. The molecule has 0 N–H and O–H groups in total. The van der Waals surface area contributed by atoms with Gasteiger partial charge < -0.3 is 9.47 Å². The quantitative estimate of drug-likeness (QED) is 0.752. The molecular weight excluding hydrogens is 384 g/mol. The van der Waals surface area contributed by atoms with Crippen molar-refractivity contribution in [3.63, 3.8) is 0 Å². The van der Waals surface area contributed by atoms with Crippen LogP contribution in [0.15, 0.2) is 22.7 Å². The van der Waals surface area contributed by atoms with Gasteiger partial charge in [-0.15, -0.1) is 0 Å². The maximum Gasteiger partial charge on any atom is 0.282 e. The Hall–Kier alpha value is -0.670. The van der Waals surface area contributed by atoms with Crippen LogP contribution in [0.2, 0.25) is 0 Å². The van der Waals surface area contributed by atoms with E-state index in [9.17, 15) is 8.42 Å². The van der Waals surface area contributed by atoms with Crippen LogP contribution < -0.4 is 4.74 Å². The number of methoxy groups -OCH3 is 1. The third-order valence-corrected chi connectivity index (χ3v) is 6.10. The van der Waals surface area contributed by atoms with Crippen LogP contribution in [0.3, 0.4) is 0 Å². The van der Waals surface area contributed by atoms with Gasteiger partial charge in [-0.1, -0.05) is 15.9 Å². The molecule has 1 aliphatic heterocycles. The summed E-state index contributed by atoms with van der Waals surface area (Å²) < 4.78 is 40.3. The second-order valence-corrected chi connectivity index (χ2v) is 8.75. The molecule has 1 heterocycles. The van der Waals surface area contributed by atoms with Crippen LogP contribution in [-0.2, 0) is 21.5 Å². The molecule has 0 amide bonds. The lowest BCUT2D eigenvalue weighted by molar-refractivity contribution is -0.0453. The van der Waals surface area contributed by atoms with E-state index in [2.05, 4.69) is 15.9 Å². The summed E-state index contributed by atoms with van der Waals surface area (Å²) >= 11 is 3.41. The van der Waals surface area contributed by atoms with Crippen LogP contribution in [0.1, 0.15) is 19.4 Å². The highest BCUT2D eigenvalue weighted by atomic mass is 79.9. The zero-order chi connectivity index (χ0) is 17.2. The summed E-state index contributed by atoms with van der Waals surface area (Å²) in [6.45, 7) is 4.75. The van der Waals surface area contributed by atoms with Gasteiger partial charge in [-0.05, 0) is 32.0 Å². The van der Waals surface area contributed by atoms with E-state index in [0.29, 0.717) is 18.8 Å². The number of hydrogen-bond donors (Lipinski definition) is 0. The fourth-order valence-corrected chi connectivity index (χ4v) is 4.61. The van der Waals surface area contributed by atoms with Crippen molar-refractivity contribution in [1.29, 1.82) is 0 Å². The zero-order valence-corrected chi connectivity index (χ0v) is 16.2. The van der Waals surface area contributed by atoms with Gasteiger partial charge in [0.1, 0.15) is 5.75 Å². The Labute approximate surface area is 146 Å². The van der Waals surface area contributed by atoms with Crippen molar-refractivity contribution < 1.29 is 17.9 Å². The van der Waals surface area contributed by atoms with Crippen molar-refractivity contribution in [1.82, 2.24) is 8.61 Å². The predicted octanol–water partition coefficient (Wildman–Crippen LogP) is 2.24. The molecule has 1 saturated heterocycles. The average molecular weight is 407 g/mol. The van der Waals surface area contributed by atoms with Gasteiger partial charge in [0.05, 0.1) is 19.3 Å². The Morgan fingerprint density at radius 3 is 2.52 bits per heavy atom. The van der Waals surface area contributed by atoms with Gasteiger partial charge in [0.15, 0.2) is 0 Å². The van der Waals surface area contributed by atoms with Crippen molar-refractivity contribution in [3.8, 4) is 5.75 Å². The van der Waals surface area contributed by atoms with Crippen molar-refractivity contribution in [2.75, 3.05) is 27.2 Å². The summed E-state index contributed by atoms with van der Waals surface area (Å²) in [7, 11) is -0.388. The fraction of sp³-hybridized carbons (Fsp3) is 0.600. The molecule has 8 heteroatoms. The molecule has 1 aromatic rings. The minimum Gasteiger partial charge on any atom is -0.496 e. The number of morpholine rings is 1. The number of hydrogen-bond acceptors (Lipinski definition) is 4. The maximum absolute atomic E-state index is 12.8. The second kappa shape index (κ2) is 7.48. The second-order valence-electron chi connectivity index (χ2n) is 5.79. The topological polar surface area (TPSA) is 59.1 Å². The molecule has 23 heavy (non-hydrogen) atoms. The number of halogens is 1. The Morgan fingerprint density at radius 1 is 1.35 bits per heavy atom. The van der Waals surface area contributed by atoms with Gasteiger partial charge >= 0.3 is 0 Å². The first-order valence-electron chi connectivity index (χ1n) is 7.43. The van der Waals surface area contributed by atoms with E-state index in [1.165, 1.54) is 8.61 Å². The molecule has 2 atom stereocenters. The third kappa shape index (κ3) is 4.45. The highest BCUT2D eigenvalue weighted by Gasteiger charge is 2.33. The number of benzene rings is 1. The Balaban J connectivity index is 2.19. The molecule has 0 saturated carbocycles. The highest BCUT2D eigenvalue weighted by molar-refractivity contribution is 9.10. The van der Waals surface area contributed by atoms with Crippen LogP contribution >= 0.6 is 15.9 Å². The molecule has 0 aromatic heterocycles. The lowest BCUT2D eigenvalue weighted by Crippen LogP contribution is -2.52. The maximum atomic E-state index is 12.8. The van der Waals surface area contributed by atoms with Crippen LogP contribution in [0.5, 0.6) is 5.75 Å². The molecule has 130 valence electrons. The highest BCUT2D eigenvalue weighted by Crippen LogP contribution is 2.26. The Morgan fingerprint density at radius 2 is 1.96 bits per heavy atom. The van der Waals surface area contributed by atoms with Gasteiger partial charge in [-0.2, -0.15) is 17.0 Å². The van der Waals surface area contributed by atoms with Gasteiger partial charge in [0.25, 0.3) is 10.2 Å². The Kier molecular flexibility index (Phi) is 6.07. The molecule has 6 nitrogen and oxygen atoms in total. The molecule has 1 fully saturated rings. The lowest BCUT2D eigenvalue weighted by Gasteiger charge is -2.36. The van der Waals surface area contributed by atoms with E-state index < -0.39 is 10.2 Å². The molecule has 0 aliphatic carbocycles. The van der Waals surface area contributed by atoms with E-state index in [-0.39, 0.29) is 18.8 Å². The summed E-state index contributed by atoms with van der Waals surface area (Å²) in [5.41, 5.74) is 0.808. The first-order valence-corrected chi connectivity index (χ1v) is 9.62. The van der Waals surface area contributed by atoms with E-state index >= 15 is 0 Å². The van der Waals surface area contributed by atoms with Gasteiger partial charge in [0.2, 0.25) is 0 Å². The largest absolute Gasteiger partial charge is 0.496 e. The first kappa shape index (κ1) is 18.7. The van der Waals surface area contributed by atoms with Crippen LogP contribution in [0.4, 0.5) is 0 Å². The van der Waals surface area contributed by atoms with E-state index in [1.807, 2.05) is 32.0 Å². The monoisotopic (exact) mass is 406 g/mol. The molecule has 0 radical (unpaired) electrons. The first-order chi connectivity index (χ1) is 10.7. The van der Waals surface area contributed by atoms with Gasteiger partial charge in [-0.3, -0.25) is 0 Å². The minimum absolute atomic E-state index is 0.109. The minimum atomic E-state index is -3.55. The van der Waals surface area contributed by atoms with Crippen molar-refractivity contribution in [3.05, 3.63) is 28.2 Å². The third-order valence-electron chi connectivity index (χ3n) is 3.74. The smallest absolute Gasteiger partial charge is 0.282 e.